The zero-order chi connectivity index (χ0) is 9.54. The molecule has 2 bridgehead atoms. The van der Waals surface area contributed by atoms with Gasteiger partial charge < -0.3 is 4.90 Å². The lowest BCUT2D eigenvalue weighted by molar-refractivity contribution is 0.229. The van der Waals surface area contributed by atoms with E-state index in [-0.39, 0.29) is 0 Å². The van der Waals surface area contributed by atoms with E-state index in [1.807, 2.05) is 0 Å². The van der Waals surface area contributed by atoms with Crippen LogP contribution in [0.2, 0.25) is 0 Å². The van der Waals surface area contributed by atoms with Crippen LogP contribution in [0.4, 0.5) is 0 Å². The number of rotatable bonds is 1. The third-order valence-electron chi connectivity index (χ3n) is 4.24. The fourth-order valence-corrected chi connectivity index (χ4v) is 3.26. The zero-order valence-electron chi connectivity index (χ0n) is 9.08. The summed E-state index contributed by atoms with van der Waals surface area (Å²) in [7, 11) is 2.29. The summed E-state index contributed by atoms with van der Waals surface area (Å²) in [4.78, 5) is 5.19. The van der Waals surface area contributed by atoms with Crippen LogP contribution < -0.4 is 0 Å². The molecule has 14 heavy (non-hydrogen) atoms. The van der Waals surface area contributed by atoms with Crippen LogP contribution in [0.3, 0.4) is 0 Å². The summed E-state index contributed by atoms with van der Waals surface area (Å²) in [5.74, 6) is 0. The lowest BCUT2D eigenvalue weighted by Gasteiger charge is -2.34. The first-order chi connectivity index (χ1) is 6.84. The largest absolute Gasteiger partial charge is 0.375 e. The van der Waals surface area contributed by atoms with Crippen molar-refractivity contribution in [2.75, 3.05) is 20.1 Å². The van der Waals surface area contributed by atoms with Gasteiger partial charge in [0.05, 0.1) is 0 Å². The maximum Gasteiger partial charge on any atom is 0.0298 e. The van der Waals surface area contributed by atoms with E-state index in [2.05, 4.69) is 22.9 Å². The highest BCUT2D eigenvalue weighted by atomic mass is 15.2. The number of hydrogen-bond acceptors (Lipinski definition) is 2. The molecule has 3 rings (SSSR count). The van der Waals surface area contributed by atoms with Gasteiger partial charge in [-0.25, -0.2) is 0 Å². The highest BCUT2D eigenvalue weighted by Gasteiger charge is 2.35. The minimum atomic E-state index is 0.754. The number of nitrogens with zero attached hydrogens (tertiary/aromatic N) is 2. The second-order valence-corrected chi connectivity index (χ2v) is 5.02. The summed E-state index contributed by atoms with van der Waals surface area (Å²) in [5, 5.41) is 0. The summed E-state index contributed by atoms with van der Waals surface area (Å²) in [6.07, 6.45) is 9.46. The highest BCUT2D eigenvalue weighted by molar-refractivity contribution is 5.17. The molecule has 3 aliphatic heterocycles. The molecule has 2 fully saturated rings. The van der Waals surface area contributed by atoms with E-state index < -0.39 is 0 Å². The molecule has 0 saturated carbocycles. The second kappa shape index (κ2) is 3.27. The van der Waals surface area contributed by atoms with Crippen LogP contribution in [-0.2, 0) is 0 Å². The molecule has 0 aromatic carbocycles. The Morgan fingerprint density at radius 2 is 2.00 bits per heavy atom. The average molecular weight is 192 g/mol. The maximum absolute atomic E-state index is 2.62. The van der Waals surface area contributed by atoms with E-state index in [4.69, 9.17) is 0 Å². The smallest absolute Gasteiger partial charge is 0.0298 e. The molecule has 2 atom stereocenters. The van der Waals surface area contributed by atoms with E-state index >= 15 is 0 Å². The van der Waals surface area contributed by atoms with Crippen molar-refractivity contribution in [3.05, 3.63) is 11.8 Å². The van der Waals surface area contributed by atoms with Gasteiger partial charge in [-0.1, -0.05) is 0 Å². The summed E-state index contributed by atoms with van der Waals surface area (Å²) in [6, 6.07) is 1.60. The van der Waals surface area contributed by atoms with E-state index in [0.717, 1.165) is 12.1 Å². The van der Waals surface area contributed by atoms with Crippen molar-refractivity contribution in [3.63, 3.8) is 0 Å². The van der Waals surface area contributed by atoms with Crippen LogP contribution >= 0.6 is 0 Å². The van der Waals surface area contributed by atoms with Gasteiger partial charge in [0.15, 0.2) is 0 Å². The molecule has 0 aromatic heterocycles. The lowest BCUT2D eigenvalue weighted by Crippen LogP contribution is -2.38. The van der Waals surface area contributed by atoms with Crippen LogP contribution in [-0.4, -0.2) is 42.0 Å². The summed E-state index contributed by atoms with van der Waals surface area (Å²) in [5.41, 5.74) is 1.66. The fraction of sp³-hybridized carbons (Fsp3) is 0.833. The van der Waals surface area contributed by atoms with E-state index in [0.29, 0.717) is 0 Å². The molecule has 0 amide bonds. The van der Waals surface area contributed by atoms with Crippen molar-refractivity contribution in [2.24, 2.45) is 0 Å². The Morgan fingerprint density at radius 1 is 1.21 bits per heavy atom. The van der Waals surface area contributed by atoms with Crippen molar-refractivity contribution in [1.29, 1.82) is 0 Å². The van der Waals surface area contributed by atoms with Gasteiger partial charge in [0.25, 0.3) is 0 Å². The van der Waals surface area contributed by atoms with Crippen LogP contribution in [0.5, 0.6) is 0 Å². The molecule has 0 radical (unpaired) electrons. The van der Waals surface area contributed by atoms with E-state index in [1.165, 1.54) is 45.2 Å². The predicted molar refractivity (Wildman–Crippen MR) is 58.1 cm³/mol. The number of likely N-dealkylation sites (N-methyl/N-ethyl adjacent to an activating group) is 1. The monoisotopic (exact) mass is 192 g/mol. The fourth-order valence-electron chi connectivity index (χ4n) is 3.26. The number of hydrogen-bond donors (Lipinski definition) is 0. The van der Waals surface area contributed by atoms with Crippen LogP contribution in [0, 0.1) is 0 Å². The molecule has 0 N–H and O–H groups in total. The Hall–Kier alpha value is -0.500. The molecule has 2 nitrogen and oxygen atoms in total. The van der Waals surface area contributed by atoms with Gasteiger partial charge >= 0.3 is 0 Å². The second-order valence-electron chi connectivity index (χ2n) is 5.02. The van der Waals surface area contributed by atoms with Gasteiger partial charge in [-0.15, -0.1) is 0 Å². The van der Waals surface area contributed by atoms with Crippen LogP contribution in [0.25, 0.3) is 0 Å². The third kappa shape index (κ3) is 1.28. The van der Waals surface area contributed by atoms with E-state index in [9.17, 15) is 0 Å². The van der Waals surface area contributed by atoms with E-state index in [1.54, 1.807) is 5.70 Å². The Kier molecular flexibility index (Phi) is 2.05. The van der Waals surface area contributed by atoms with Crippen molar-refractivity contribution in [2.45, 2.75) is 44.2 Å². The molecule has 2 heteroatoms. The highest BCUT2D eigenvalue weighted by Crippen LogP contribution is 2.35. The molecule has 0 spiro atoms. The van der Waals surface area contributed by atoms with Crippen molar-refractivity contribution >= 4 is 0 Å². The summed E-state index contributed by atoms with van der Waals surface area (Å²) in [6.45, 7) is 2.63. The Bertz CT molecular complexity index is 253. The molecular weight excluding hydrogens is 172 g/mol. The zero-order valence-corrected chi connectivity index (χ0v) is 9.08. The normalized spacial score (nSPS) is 37.8. The van der Waals surface area contributed by atoms with Crippen LogP contribution in [0.15, 0.2) is 11.8 Å². The average Bonchev–Trinajstić information content (AvgIpc) is 2.75. The molecule has 2 saturated heterocycles. The first-order valence-electron chi connectivity index (χ1n) is 6.02. The Morgan fingerprint density at radius 3 is 2.71 bits per heavy atom. The summed E-state index contributed by atoms with van der Waals surface area (Å²) >= 11 is 0. The minimum Gasteiger partial charge on any atom is -0.375 e. The van der Waals surface area contributed by atoms with Gasteiger partial charge in [0, 0.05) is 37.3 Å². The predicted octanol–water partition coefficient (Wildman–Crippen LogP) is 1.83. The molecule has 3 heterocycles. The molecule has 78 valence electrons. The molecular formula is C12H20N2. The third-order valence-corrected chi connectivity index (χ3v) is 4.24. The van der Waals surface area contributed by atoms with Gasteiger partial charge in [-0.05, 0) is 38.8 Å². The van der Waals surface area contributed by atoms with Crippen molar-refractivity contribution in [3.8, 4) is 0 Å². The van der Waals surface area contributed by atoms with Crippen molar-refractivity contribution in [1.82, 2.24) is 9.80 Å². The molecule has 0 aliphatic carbocycles. The first-order valence-corrected chi connectivity index (χ1v) is 6.02. The SMILES string of the molecule is CN1[C@@H]2CC[C@@H]1C=C(N1CCCC1)C2. The van der Waals surface area contributed by atoms with Gasteiger partial charge in [0.1, 0.15) is 0 Å². The standard InChI is InChI=1S/C12H20N2/c1-13-10-4-5-11(13)9-12(8-10)14-6-2-3-7-14/h8,10-11H,2-7,9H2,1H3/t10-,11-/m1/s1. The Balaban J connectivity index is 1.78. The summed E-state index contributed by atoms with van der Waals surface area (Å²) < 4.78 is 0. The quantitative estimate of drug-likeness (QED) is 0.625. The lowest BCUT2D eigenvalue weighted by atomic mass is 10.1. The topological polar surface area (TPSA) is 6.48 Å². The van der Waals surface area contributed by atoms with Crippen molar-refractivity contribution < 1.29 is 0 Å². The molecule has 0 aromatic rings. The minimum absolute atomic E-state index is 0.754. The Labute approximate surface area is 86.6 Å². The first kappa shape index (κ1) is 8.78. The van der Waals surface area contributed by atoms with Gasteiger partial charge in [-0.2, -0.15) is 0 Å². The number of fused-ring (bicyclic) bond motifs is 2. The molecule has 3 aliphatic rings. The number of likely N-dealkylation sites (tertiary alicyclic amines) is 1. The molecule has 0 unspecified atom stereocenters. The van der Waals surface area contributed by atoms with Gasteiger partial charge in [0.2, 0.25) is 0 Å². The van der Waals surface area contributed by atoms with Crippen LogP contribution in [0.1, 0.15) is 32.1 Å². The van der Waals surface area contributed by atoms with Gasteiger partial charge in [-0.3, -0.25) is 4.90 Å². The maximum atomic E-state index is 2.62.